The van der Waals surface area contributed by atoms with Gasteiger partial charge in [0.2, 0.25) is 0 Å². The number of aromatic nitrogens is 1. The van der Waals surface area contributed by atoms with Crippen molar-refractivity contribution >= 4 is 23.5 Å². The fraction of sp³-hybridized carbons (Fsp3) is 0.360. The Labute approximate surface area is 169 Å². The van der Waals surface area contributed by atoms with Crippen LogP contribution in [0.5, 0.6) is 0 Å². The highest BCUT2D eigenvalue weighted by Gasteiger charge is 2.11. The number of rotatable bonds is 9. The average Bonchev–Trinajstić information content (AvgIpc) is 2.70. The van der Waals surface area contributed by atoms with Gasteiger partial charge in [0.1, 0.15) is 6.07 Å². The van der Waals surface area contributed by atoms with Crippen LogP contribution in [0.4, 0.5) is 11.4 Å². The predicted octanol–water partition coefficient (Wildman–Crippen LogP) is 7.27. The minimum absolute atomic E-state index is 0.556. The summed E-state index contributed by atoms with van der Waals surface area (Å²) in [6.45, 7) is 8.56. The second-order valence-electron chi connectivity index (χ2n) is 7.10. The number of nitrogens with zero attached hydrogens (tertiary/aromatic N) is 2. The molecule has 0 bridgehead atoms. The zero-order chi connectivity index (χ0) is 20.4. The molecule has 0 aliphatic heterocycles. The molecule has 2 rings (SSSR count). The quantitative estimate of drug-likeness (QED) is 0.503. The summed E-state index contributed by atoms with van der Waals surface area (Å²) in [5.74, 6) is 0.563. The van der Waals surface area contributed by atoms with E-state index in [9.17, 15) is 5.26 Å². The molecular formula is C25H31N3. The van der Waals surface area contributed by atoms with Crippen LogP contribution in [-0.4, -0.2) is 4.98 Å². The van der Waals surface area contributed by atoms with Crippen LogP contribution in [-0.2, 0) is 0 Å². The minimum Gasteiger partial charge on any atom is -0.354 e. The van der Waals surface area contributed by atoms with Crippen LogP contribution in [0.2, 0.25) is 0 Å². The number of pyridine rings is 1. The molecule has 1 aromatic heterocycles. The summed E-state index contributed by atoms with van der Waals surface area (Å²) in [6.07, 6.45) is 16.7. The lowest BCUT2D eigenvalue weighted by atomic mass is 9.96. The largest absolute Gasteiger partial charge is 0.354 e. The Balaban J connectivity index is 2.42. The normalized spacial score (nSPS) is 11.4. The number of nitrogens with one attached hydrogen (secondary N) is 1. The third-order valence-electron chi connectivity index (χ3n) is 4.94. The molecular weight excluding hydrogens is 342 g/mol. The van der Waals surface area contributed by atoms with E-state index in [1.54, 1.807) is 6.20 Å². The summed E-state index contributed by atoms with van der Waals surface area (Å²) in [4.78, 5) is 4.27. The highest BCUT2D eigenvalue weighted by Crippen LogP contribution is 2.29. The lowest BCUT2D eigenvalue weighted by Crippen LogP contribution is -2.01. The van der Waals surface area contributed by atoms with Crippen molar-refractivity contribution in [3.05, 3.63) is 65.0 Å². The predicted molar refractivity (Wildman–Crippen MR) is 120 cm³/mol. The van der Waals surface area contributed by atoms with Crippen LogP contribution in [0.1, 0.15) is 68.7 Å². The minimum atomic E-state index is 0.556. The molecule has 2 aromatic rings. The molecule has 28 heavy (non-hydrogen) atoms. The first-order chi connectivity index (χ1) is 13.6. The summed E-state index contributed by atoms with van der Waals surface area (Å²) < 4.78 is 0. The molecule has 0 amide bonds. The van der Waals surface area contributed by atoms with Gasteiger partial charge in [0.05, 0.1) is 11.3 Å². The number of benzene rings is 1. The Morgan fingerprint density at radius 1 is 1.11 bits per heavy atom. The molecule has 0 atom stereocenters. The summed E-state index contributed by atoms with van der Waals surface area (Å²) >= 11 is 0. The second-order valence-corrected chi connectivity index (χ2v) is 7.10. The van der Waals surface area contributed by atoms with E-state index in [2.05, 4.69) is 61.4 Å². The van der Waals surface area contributed by atoms with Gasteiger partial charge in [0.15, 0.2) is 0 Å². The molecule has 0 saturated heterocycles. The smallest absolute Gasteiger partial charge is 0.103 e. The van der Waals surface area contributed by atoms with Crippen molar-refractivity contribution in [1.82, 2.24) is 4.98 Å². The van der Waals surface area contributed by atoms with E-state index >= 15 is 0 Å². The molecule has 0 unspecified atom stereocenters. The summed E-state index contributed by atoms with van der Waals surface area (Å²) in [7, 11) is 0. The molecule has 0 aliphatic carbocycles. The highest BCUT2D eigenvalue weighted by atomic mass is 14.9. The molecule has 0 fully saturated rings. The molecule has 0 spiro atoms. The molecule has 1 N–H and O–H groups in total. The summed E-state index contributed by atoms with van der Waals surface area (Å²) in [5.41, 5.74) is 5.66. The first-order valence-electron chi connectivity index (χ1n) is 10.2. The maximum Gasteiger partial charge on any atom is 0.103 e. The van der Waals surface area contributed by atoms with Crippen molar-refractivity contribution in [2.24, 2.45) is 5.92 Å². The van der Waals surface area contributed by atoms with Crippen LogP contribution in [0.3, 0.4) is 0 Å². The number of allylic oxidation sites excluding steroid dienone is 2. The van der Waals surface area contributed by atoms with Gasteiger partial charge >= 0.3 is 0 Å². The molecule has 3 nitrogen and oxygen atoms in total. The van der Waals surface area contributed by atoms with Gasteiger partial charge in [-0.2, -0.15) is 5.26 Å². The summed E-state index contributed by atoms with van der Waals surface area (Å²) in [6, 6.07) is 8.46. The van der Waals surface area contributed by atoms with Gasteiger partial charge in [0, 0.05) is 23.6 Å². The fourth-order valence-electron chi connectivity index (χ4n) is 3.43. The number of anilines is 2. The van der Waals surface area contributed by atoms with Crippen LogP contribution in [0.15, 0.2) is 42.7 Å². The van der Waals surface area contributed by atoms with E-state index in [4.69, 9.17) is 0 Å². The third-order valence-corrected chi connectivity index (χ3v) is 4.94. The SMILES string of the molecule is C/C=C\c1cccc(Nc2c(C#N)cncc2/C=C/C(CCC)CCC)c1C. The second kappa shape index (κ2) is 11.1. The van der Waals surface area contributed by atoms with Crippen LogP contribution in [0, 0.1) is 24.2 Å². The zero-order valence-corrected chi connectivity index (χ0v) is 17.5. The molecule has 3 heteroatoms. The molecule has 0 saturated carbocycles. The van der Waals surface area contributed by atoms with Crippen LogP contribution in [0.25, 0.3) is 12.2 Å². The van der Waals surface area contributed by atoms with Gasteiger partial charge < -0.3 is 5.32 Å². The molecule has 1 heterocycles. The Kier molecular flexibility index (Phi) is 8.49. The van der Waals surface area contributed by atoms with Gasteiger partial charge in [-0.15, -0.1) is 0 Å². The Bertz CT molecular complexity index is 866. The van der Waals surface area contributed by atoms with Crippen LogP contribution >= 0.6 is 0 Å². The van der Waals surface area contributed by atoms with Crippen molar-refractivity contribution in [3.8, 4) is 6.07 Å². The van der Waals surface area contributed by atoms with E-state index in [1.165, 1.54) is 31.2 Å². The van der Waals surface area contributed by atoms with Gasteiger partial charge in [-0.05, 0) is 49.8 Å². The van der Waals surface area contributed by atoms with Crippen molar-refractivity contribution < 1.29 is 0 Å². The topological polar surface area (TPSA) is 48.7 Å². The number of nitriles is 1. The highest BCUT2D eigenvalue weighted by molar-refractivity contribution is 5.78. The van der Waals surface area contributed by atoms with E-state index < -0.39 is 0 Å². The number of hydrogen-bond acceptors (Lipinski definition) is 3. The van der Waals surface area contributed by atoms with Gasteiger partial charge in [-0.1, -0.05) is 63.1 Å². The van der Waals surface area contributed by atoms with E-state index in [1.807, 2.05) is 31.3 Å². The maximum atomic E-state index is 9.61. The lowest BCUT2D eigenvalue weighted by Gasteiger charge is -2.15. The Morgan fingerprint density at radius 3 is 2.50 bits per heavy atom. The number of hydrogen-bond donors (Lipinski definition) is 1. The van der Waals surface area contributed by atoms with Crippen molar-refractivity contribution in [2.45, 2.75) is 53.4 Å². The van der Waals surface area contributed by atoms with E-state index in [-0.39, 0.29) is 0 Å². The van der Waals surface area contributed by atoms with Crippen molar-refractivity contribution in [2.75, 3.05) is 5.32 Å². The standard InChI is InChI=1S/C25H31N3/c1-5-9-20(10-6-2)14-15-22-17-27-18-23(16-26)25(22)28-24-13-8-12-21(11-7-3)19(24)4/h7-8,11-15,17-18,20H,5-6,9-10H2,1-4H3,(H,27,28)/b11-7-,15-14+. The van der Waals surface area contributed by atoms with Gasteiger partial charge in [-0.3, -0.25) is 4.98 Å². The molecule has 0 aliphatic rings. The first kappa shape index (κ1) is 21.4. The van der Waals surface area contributed by atoms with Crippen molar-refractivity contribution in [3.63, 3.8) is 0 Å². The molecule has 1 aromatic carbocycles. The zero-order valence-electron chi connectivity index (χ0n) is 17.5. The molecule has 0 radical (unpaired) electrons. The van der Waals surface area contributed by atoms with Gasteiger partial charge in [-0.25, -0.2) is 0 Å². The average molecular weight is 374 g/mol. The first-order valence-corrected chi connectivity index (χ1v) is 10.2. The molecule has 146 valence electrons. The fourth-order valence-corrected chi connectivity index (χ4v) is 3.43. The monoisotopic (exact) mass is 373 g/mol. The Hall–Kier alpha value is -2.86. The van der Waals surface area contributed by atoms with Crippen molar-refractivity contribution in [1.29, 1.82) is 5.26 Å². The lowest BCUT2D eigenvalue weighted by molar-refractivity contribution is 0.531. The van der Waals surface area contributed by atoms with E-state index in [0.717, 1.165) is 22.5 Å². The summed E-state index contributed by atoms with van der Waals surface area (Å²) in [5, 5.41) is 13.1. The Morgan fingerprint density at radius 2 is 1.86 bits per heavy atom. The van der Waals surface area contributed by atoms with E-state index in [0.29, 0.717) is 11.5 Å². The van der Waals surface area contributed by atoms with Crippen LogP contribution < -0.4 is 5.32 Å². The maximum absolute atomic E-state index is 9.61. The van der Waals surface area contributed by atoms with Gasteiger partial charge in [0.25, 0.3) is 0 Å². The third kappa shape index (κ3) is 5.57.